The van der Waals surface area contributed by atoms with E-state index in [-0.39, 0.29) is 0 Å². The molecule has 19 heavy (non-hydrogen) atoms. The van der Waals surface area contributed by atoms with Gasteiger partial charge in [0, 0.05) is 19.2 Å². The molecule has 0 saturated carbocycles. The Morgan fingerprint density at radius 3 is 2.95 bits per heavy atom. The second-order valence-electron chi connectivity index (χ2n) is 3.88. The van der Waals surface area contributed by atoms with Crippen molar-refractivity contribution in [1.29, 1.82) is 0 Å². The van der Waals surface area contributed by atoms with E-state index in [0.29, 0.717) is 36.3 Å². The zero-order chi connectivity index (χ0) is 13.9. The zero-order valence-electron chi connectivity index (χ0n) is 10.2. The van der Waals surface area contributed by atoms with Gasteiger partial charge in [0.2, 0.25) is 10.0 Å². The van der Waals surface area contributed by atoms with Crippen LogP contribution in [0, 0.1) is 0 Å². The molecule has 0 bridgehead atoms. The number of sulfonamides is 1. The molecule has 10 heteroatoms. The van der Waals surface area contributed by atoms with Crippen LogP contribution >= 0.6 is 11.6 Å². The highest BCUT2D eigenvalue weighted by atomic mass is 35.5. The average molecular weight is 305 g/mol. The van der Waals surface area contributed by atoms with Gasteiger partial charge in [-0.15, -0.1) is 0 Å². The summed E-state index contributed by atoms with van der Waals surface area (Å²) in [6.45, 7) is 0.934. The molecule has 8 nitrogen and oxygen atoms in total. The van der Waals surface area contributed by atoms with E-state index in [4.69, 9.17) is 11.6 Å². The normalized spacial score (nSPS) is 11.9. The topological polar surface area (TPSA) is 101 Å². The van der Waals surface area contributed by atoms with Crippen molar-refractivity contribution in [3.05, 3.63) is 17.5 Å². The Balaban J connectivity index is 1.93. The van der Waals surface area contributed by atoms with E-state index in [1.54, 1.807) is 6.07 Å². The summed E-state index contributed by atoms with van der Waals surface area (Å²) in [5.41, 5.74) is 0. The van der Waals surface area contributed by atoms with Gasteiger partial charge in [-0.3, -0.25) is 0 Å². The molecule has 0 aliphatic heterocycles. The van der Waals surface area contributed by atoms with Gasteiger partial charge in [0.25, 0.3) is 5.78 Å². The van der Waals surface area contributed by atoms with E-state index in [2.05, 4.69) is 25.1 Å². The molecule has 0 amide bonds. The Labute approximate surface area is 115 Å². The lowest BCUT2D eigenvalue weighted by Gasteiger charge is -2.08. The molecule has 2 N–H and O–H groups in total. The summed E-state index contributed by atoms with van der Waals surface area (Å²) >= 11 is 5.86. The summed E-state index contributed by atoms with van der Waals surface area (Å²) < 4.78 is 25.7. The van der Waals surface area contributed by atoms with Gasteiger partial charge in [0.1, 0.15) is 17.3 Å². The quantitative estimate of drug-likeness (QED) is 0.581. The Morgan fingerprint density at radius 1 is 1.42 bits per heavy atom. The number of nitrogens with zero attached hydrogens (tertiary/aromatic N) is 4. The van der Waals surface area contributed by atoms with Crippen LogP contribution in [-0.2, 0) is 10.0 Å². The van der Waals surface area contributed by atoms with Crippen molar-refractivity contribution >= 4 is 33.2 Å². The van der Waals surface area contributed by atoms with Gasteiger partial charge < -0.3 is 5.32 Å². The first-order chi connectivity index (χ1) is 8.96. The van der Waals surface area contributed by atoms with Crippen LogP contribution in [-0.4, -0.2) is 47.3 Å². The summed E-state index contributed by atoms with van der Waals surface area (Å²) in [7, 11) is -3.14. The fraction of sp³-hybridized carbons (Fsp3) is 0.444. The predicted molar refractivity (Wildman–Crippen MR) is 71.7 cm³/mol. The number of halogens is 1. The lowest BCUT2D eigenvalue weighted by Crippen LogP contribution is -2.24. The molecule has 0 unspecified atom stereocenters. The minimum atomic E-state index is -3.14. The van der Waals surface area contributed by atoms with Gasteiger partial charge in [-0.2, -0.15) is 19.6 Å². The summed E-state index contributed by atoms with van der Waals surface area (Å²) in [5.74, 6) is 1.07. The first-order valence-corrected chi connectivity index (χ1v) is 7.77. The van der Waals surface area contributed by atoms with E-state index < -0.39 is 10.0 Å². The van der Waals surface area contributed by atoms with Crippen molar-refractivity contribution in [2.24, 2.45) is 0 Å². The summed E-state index contributed by atoms with van der Waals surface area (Å²) in [5, 5.41) is 7.43. The van der Waals surface area contributed by atoms with Crippen molar-refractivity contribution < 1.29 is 8.42 Å². The molecule has 0 aliphatic carbocycles. The lowest BCUT2D eigenvalue weighted by atomic mass is 10.4. The van der Waals surface area contributed by atoms with Crippen LogP contribution in [0.2, 0.25) is 5.15 Å². The molecule has 0 saturated heterocycles. The molecular weight excluding hydrogens is 292 g/mol. The molecule has 0 atom stereocenters. The SMILES string of the molecule is CS(=O)(=O)NCCCNc1cc(Cl)nc2ncnn12. The number of rotatable bonds is 6. The van der Waals surface area contributed by atoms with Gasteiger partial charge in [-0.1, -0.05) is 11.6 Å². The molecule has 2 rings (SSSR count). The number of fused-ring (bicyclic) bond motifs is 1. The van der Waals surface area contributed by atoms with E-state index in [1.165, 1.54) is 10.8 Å². The monoisotopic (exact) mass is 304 g/mol. The van der Waals surface area contributed by atoms with Crippen LogP contribution in [0.5, 0.6) is 0 Å². The summed E-state index contributed by atoms with van der Waals surface area (Å²) in [4.78, 5) is 7.94. The highest BCUT2D eigenvalue weighted by Crippen LogP contribution is 2.14. The second-order valence-corrected chi connectivity index (χ2v) is 6.10. The molecule has 0 aliphatic rings. The number of nitrogens with one attached hydrogen (secondary N) is 2. The molecule has 0 aromatic carbocycles. The van der Waals surface area contributed by atoms with Gasteiger partial charge in [-0.05, 0) is 6.42 Å². The molecule has 0 fully saturated rings. The first kappa shape index (κ1) is 14.0. The highest BCUT2D eigenvalue weighted by Gasteiger charge is 2.05. The van der Waals surface area contributed by atoms with Crippen LogP contribution in [0.3, 0.4) is 0 Å². The maximum absolute atomic E-state index is 10.9. The zero-order valence-corrected chi connectivity index (χ0v) is 11.7. The van der Waals surface area contributed by atoms with Gasteiger partial charge in [0.05, 0.1) is 6.26 Å². The number of aromatic nitrogens is 4. The number of anilines is 1. The van der Waals surface area contributed by atoms with Crippen LogP contribution in [0.4, 0.5) is 5.82 Å². The Kier molecular flexibility index (Phi) is 4.17. The molecule has 0 spiro atoms. The van der Waals surface area contributed by atoms with E-state index in [9.17, 15) is 8.42 Å². The van der Waals surface area contributed by atoms with Crippen molar-refractivity contribution in [2.45, 2.75) is 6.42 Å². The summed E-state index contributed by atoms with van der Waals surface area (Å²) in [6.07, 6.45) is 3.14. The van der Waals surface area contributed by atoms with Crippen molar-refractivity contribution in [3.63, 3.8) is 0 Å². The van der Waals surface area contributed by atoms with Crippen LogP contribution < -0.4 is 10.0 Å². The van der Waals surface area contributed by atoms with E-state index in [1.807, 2.05) is 0 Å². The van der Waals surface area contributed by atoms with Crippen molar-refractivity contribution in [2.75, 3.05) is 24.7 Å². The van der Waals surface area contributed by atoms with Gasteiger partial charge in [0.15, 0.2) is 0 Å². The second kappa shape index (κ2) is 5.68. The molecule has 104 valence electrons. The molecule has 2 aromatic rings. The molecule has 2 aromatic heterocycles. The first-order valence-electron chi connectivity index (χ1n) is 5.50. The minimum Gasteiger partial charge on any atom is -0.370 e. The summed E-state index contributed by atoms with van der Waals surface area (Å²) in [6, 6.07) is 1.63. The fourth-order valence-corrected chi connectivity index (χ4v) is 2.17. The lowest BCUT2D eigenvalue weighted by molar-refractivity contribution is 0.586. The largest absolute Gasteiger partial charge is 0.370 e. The molecule has 2 heterocycles. The van der Waals surface area contributed by atoms with Crippen molar-refractivity contribution in [1.82, 2.24) is 24.3 Å². The van der Waals surface area contributed by atoms with Gasteiger partial charge in [-0.25, -0.2) is 13.1 Å². The smallest absolute Gasteiger partial charge is 0.255 e. The Hall–Kier alpha value is -1.45. The standard InChI is InChI=1S/C9H13ClN6O2S/c1-19(17,18)14-4-2-3-11-8-5-7(10)15-9-12-6-13-16(8)9/h5-6,11,14H,2-4H2,1H3. The third kappa shape index (κ3) is 4.01. The van der Waals surface area contributed by atoms with E-state index >= 15 is 0 Å². The van der Waals surface area contributed by atoms with Crippen molar-refractivity contribution in [3.8, 4) is 0 Å². The number of hydrogen-bond donors (Lipinski definition) is 2. The third-order valence-electron chi connectivity index (χ3n) is 2.24. The Bertz CT molecular complexity index is 670. The van der Waals surface area contributed by atoms with Crippen LogP contribution in [0.25, 0.3) is 5.78 Å². The highest BCUT2D eigenvalue weighted by molar-refractivity contribution is 7.88. The average Bonchev–Trinajstić information content (AvgIpc) is 2.74. The number of hydrogen-bond acceptors (Lipinski definition) is 6. The third-order valence-corrected chi connectivity index (χ3v) is 3.17. The maximum Gasteiger partial charge on any atom is 0.255 e. The van der Waals surface area contributed by atoms with Crippen LogP contribution in [0.15, 0.2) is 12.4 Å². The Morgan fingerprint density at radius 2 is 2.21 bits per heavy atom. The fourth-order valence-electron chi connectivity index (χ4n) is 1.47. The predicted octanol–water partition coefficient (Wildman–Crippen LogP) is 0.129. The van der Waals surface area contributed by atoms with E-state index in [0.717, 1.165) is 6.26 Å². The molecule has 0 radical (unpaired) electrons. The minimum absolute atomic E-state index is 0.317. The molecular formula is C9H13ClN6O2S. The van der Waals surface area contributed by atoms with Crippen LogP contribution in [0.1, 0.15) is 6.42 Å². The maximum atomic E-state index is 10.9. The van der Waals surface area contributed by atoms with Gasteiger partial charge >= 0.3 is 0 Å².